The lowest BCUT2D eigenvalue weighted by atomic mass is 10.1. The van der Waals surface area contributed by atoms with Crippen molar-refractivity contribution < 1.29 is 19.4 Å². The molecule has 0 saturated heterocycles. The van der Waals surface area contributed by atoms with Crippen LogP contribution in [0.25, 0.3) is 0 Å². The van der Waals surface area contributed by atoms with E-state index in [4.69, 9.17) is 14.7 Å². The van der Waals surface area contributed by atoms with Gasteiger partial charge in [0.15, 0.2) is 17.6 Å². The lowest BCUT2D eigenvalue weighted by molar-refractivity contribution is -0.768. The molecular weight excluding hydrogens is 290 g/mol. The van der Waals surface area contributed by atoms with Crippen molar-refractivity contribution in [3.63, 3.8) is 0 Å². The standard InChI is InChI=1S/C14H19N3O5/c1-16(2)9-12(22-17(18)19)10-21-14-8-11(6-7-15)4-5-13(14)20-3/h4-5,8,12H,6,9-10H2,1-3H3. The molecular formula is C14H19N3O5. The Morgan fingerprint density at radius 3 is 2.68 bits per heavy atom. The van der Waals surface area contributed by atoms with Gasteiger partial charge < -0.3 is 19.2 Å². The van der Waals surface area contributed by atoms with E-state index >= 15 is 0 Å². The normalized spacial score (nSPS) is 11.6. The minimum Gasteiger partial charge on any atom is -0.493 e. The van der Waals surface area contributed by atoms with Gasteiger partial charge in [-0.05, 0) is 31.8 Å². The Balaban J connectivity index is 2.80. The number of benzene rings is 1. The molecule has 0 aromatic heterocycles. The molecule has 1 aromatic carbocycles. The molecule has 0 N–H and O–H groups in total. The topological polar surface area (TPSA) is 97.9 Å². The van der Waals surface area contributed by atoms with Crippen LogP contribution in [0.4, 0.5) is 0 Å². The van der Waals surface area contributed by atoms with Crippen molar-refractivity contribution in [1.82, 2.24) is 4.90 Å². The zero-order valence-corrected chi connectivity index (χ0v) is 12.8. The third-order valence-corrected chi connectivity index (χ3v) is 2.74. The van der Waals surface area contributed by atoms with E-state index in [0.717, 1.165) is 5.56 Å². The van der Waals surface area contributed by atoms with Crippen LogP contribution in [0.15, 0.2) is 18.2 Å². The maximum atomic E-state index is 10.5. The second-order valence-corrected chi connectivity index (χ2v) is 4.84. The fourth-order valence-electron chi connectivity index (χ4n) is 1.86. The maximum absolute atomic E-state index is 10.5. The van der Waals surface area contributed by atoms with Gasteiger partial charge in [0, 0.05) is 6.54 Å². The molecule has 120 valence electrons. The van der Waals surface area contributed by atoms with Gasteiger partial charge in [0.1, 0.15) is 6.61 Å². The predicted octanol–water partition coefficient (Wildman–Crippen LogP) is 1.28. The number of rotatable bonds is 9. The molecule has 0 aliphatic carbocycles. The van der Waals surface area contributed by atoms with Crippen molar-refractivity contribution in [3.8, 4) is 17.6 Å². The summed E-state index contributed by atoms with van der Waals surface area (Å²) in [6.45, 7) is 0.326. The average molecular weight is 309 g/mol. The summed E-state index contributed by atoms with van der Waals surface area (Å²) >= 11 is 0. The molecule has 0 saturated carbocycles. The Morgan fingerprint density at radius 2 is 2.14 bits per heavy atom. The van der Waals surface area contributed by atoms with Gasteiger partial charge in [-0.15, -0.1) is 10.1 Å². The van der Waals surface area contributed by atoms with Gasteiger partial charge >= 0.3 is 0 Å². The molecule has 1 atom stereocenters. The third-order valence-electron chi connectivity index (χ3n) is 2.74. The van der Waals surface area contributed by atoms with Gasteiger partial charge in [-0.25, -0.2) is 0 Å². The minimum absolute atomic E-state index is 0.00841. The molecule has 0 bridgehead atoms. The molecule has 0 radical (unpaired) electrons. The molecule has 8 nitrogen and oxygen atoms in total. The van der Waals surface area contributed by atoms with Crippen LogP contribution in [0.2, 0.25) is 0 Å². The highest BCUT2D eigenvalue weighted by Gasteiger charge is 2.17. The summed E-state index contributed by atoms with van der Waals surface area (Å²) in [5.41, 5.74) is 0.776. The molecule has 0 fully saturated rings. The Bertz CT molecular complexity index is 542. The molecule has 1 unspecified atom stereocenters. The van der Waals surface area contributed by atoms with Gasteiger partial charge in [-0.3, -0.25) is 0 Å². The van der Waals surface area contributed by atoms with E-state index in [2.05, 4.69) is 4.84 Å². The largest absolute Gasteiger partial charge is 0.493 e. The molecule has 0 spiro atoms. The van der Waals surface area contributed by atoms with Gasteiger partial charge in [0.25, 0.3) is 5.09 Å². The van der Waals surface area contributed by atoms with Crippen LogP contribution in [0, 0.1) is 21.4 Å². The summed E-state index contributed by atoms with van der Waals surface area (Å²) in [5, 5.41) is 18.4. The van der Waals surface area contributed by atoms with Crippen LogP contribution in [-0.4, -0.2) is 50.4 Å². The quantitative estimate of drug-likeness (QED) is 0.500. The Hall–Kier alpha value is -2.53. The van der Waals surface area contributed by atoms with Crippen molar-refractivity contribution >= 4 is 0 Å². The lowest BCUT2D eigenvalue weighted by Crippen LogP contribution is -2.35. The van der Waals surface area contributed by atoms with Crippen LogP contribution >= 0.6 is 0 Å². The Morgan fingerprint density at radius 1 is 1.41 bits per heavy atom. The molecule has 0 aliphatic heterocycles. The van der Waals surface area contributed by atoms with E-state index in [-0.39, 0.29) is 13.0 Å². The number of nitrogens with zero attached hydrogens (tertiary/aromatic N) is 3. The van der Waals surface area contributed by atoms with E-state index in [1.807, 2.05) is 6.07 Å². The number of ether oxygens (including phenoxy) is 2. The Kier molecular flexibility index (Phi) is 6.92. The monoisotopic (exact) mass is 309 g/mol. The van der Waals surface area contributed by atoms with E-state index in [0.29, 0.717) is 18.0 Å². The van der Waals surface area contributed by atoms with E-state index < -0.39 is 11.2 Å². The summed E-state index contributed by atoms with van der Waals surface area (Å²) in [7, 11) is 5.06. The number of hydrogen-bond acceptors (Lipinski definition) is 7. The summed E-state index contributed by atoms with van der Waals surface area (Å²) in [4.78, 5) is 16.9. The van der Waals surface area contributed by atoms with E-state index in [1.54, 1.807) is 37.2 Å². The third kappa shape index (κ3) is 5.85. The van der Waals surface area contributed by atoms with Crippen LogP contribution in [0.5, 0.6) is 11.5 Å². The first-order valence-electron chi connectivity index (χ1n) is 6.58. The molecule has 0 amide bonds. The smallest absolute Gasteiger partial charge is 0.294 e. The average Bonchev–Trinajstić information content (AvgIpc) is 2.44. The van der Waals surface area contributed by atoms with Crippen LogP contribution in [-0.2, 0) is 11.3 Å². The van der Waals surface area contributed by atoms with E-state index in [9.17, 15) is 10.1 Å². The van der Waals surface area contributed by atoms with Gasteiger partial charge in [0.2, 0.25) is 0 Å². The number of methoxy groups -OCH3 is 1. The number of likely N-dealkylation sites (N-methyl/N-ethyl adjacent to an activating group) is 1. The van der Waals surface area contributed by atoms with Crippen LogP contribution in [0.1, 0.15) is 5.56 Å². The highest BCUT2D eigenvalue weighted by molar-refractivity contribution is 5.43. The zero-order valence-electron chi connectivity index (χ0n) is 12.8. The van der Waals surface area contributed by atoms with Gasteiger partial charge in [0.05, 0.1) is 19.6 Å². The fourth-order valence-corrected chi connectivity index (χ4v) is 1.86. The molecule has 0 aliphatic rings. The predicted molar refractivity (Wildman–Crippen MR) is 78.2 cm³/mol. The van der Waals surface area contributed by atoms with Crippen molar-refractivity contribution in [2.45, 2.75) is 12.5 Å². The molecule has 8 heteroatoms. The zero-order chi connectivity index (χ0) is 16.5. The summed E-state index contributed by atoms with van der Waals surface area (Å²) < 4.78 is 10.8. The summed E-state index contributed by atoms with van der Waals surface area (Å²) in [6, 6.07) is 7.19. The second kappa shape index (κ2) is 8.69. The lowest BCUT2D eigenvalue weighted by Gasteiger charge is -2.20. The van der Waals surface area contributed by atoms with Crippen molar-refractivity contribution in [3.05, 3.63) is 33.9 Å². The van der Waals surface area contributed by atoms with Crippen molar-refractivity contribution in [2.75, 3.05) is 34.4 Å². The molecule has 1 aromatic rings. The van der Waals surface area contributed by atoms with Crippen molar-refractivity contribution in [1.29, 1.82) is 5.26 Å². The summed E-state index contributed by atoms with van der Waals surface area (Å²) in [6.07, 6.45) is -0.485. The minimum atomic E-state index is -0.832. The van der Waals surface area contributed by atoms with Crippen LogP contribution < -0.4 is 9.47 Å². The highest BCUT2D eigenvalue weighted by atomic mass is 17.0. The molecule has 0 heterocycles. The first-order valence-corrected chi connectivity index (χ1v) is 6.58. The second-order valence-electron chi connectivity index (χ2n) is 4.84. The number of nitriles is 1. The van der Waals surface area contributed by atoms with Gasteiger partial charge in [-0.1, -0.05) is 6.07 Å². The maximum Gasteiger partial charge on any atom is 0.294 e. The van der Waals surface area contributed by atoms with Crippen LogP contribution in [0.3, 0.4) is 0 Å². The fraction of sp³-hybridized carbons (Fsp3) is 0.500. The first-order chi connectivity index (χ1) is 10.5. The van der Waals surface area contributed by atoms with Gasteiger partial charge in [-0.2, -0.15) is 5.26 Å². The molecule has 1 rings (SSSR count). The van der Waals surface area contributed by atoms with Crippen molar-refractivity contribution in [2.24, 2.45) is 0 Å². The molecule has 22 heavy (non-hydrogen) atoms. The SMILES string of the molecule is COc1ccc(CC#N)cc1OCC(CN(C)C)O[N+](=O)[O-]. The number of hydrogen-bond donors (Lipinski definition) is 0. The summed E-state index contributed by atoms with van der Waals surface area (Å²) in [5.74, 6) is 0.914. The first kappa shape index (κ1) is 17.5. The highest BCUT2D eigenvalue weighted by Crippen LogP contribution is 2.28. The van der Waals surface area contributed by atoms with E-state index in [1.165, 1.54) is 7.11 Å². The Labute approximate surface area is 128 Å².